The first-order valence-corrected chi connectivity index (χ1v) is 4.87. The monoisotopic (exact) mass is 251 g/mol. The molecule has 0 aliphatic carbocycles. The number of nitrogens with one attached hydrogen (secondary N) is 1. The fourth-order valence-electron chi connectivity index (χ4n) is 1.07. The van der Waals surface area contributed by atoms with Gasteiger partial charge in [-0.15, -0.1) is 11.6 Å². The molecule has 0 saturated heterocycles. The van der Waals surface area contributed by atoms with Crippen LogP contribution in [-0.4, -0.2) is 11.3 Å². The summed E-state index contributed by atoms with van der Waals surface area (Å²) >= 11 is 5.45. The van der Waals surface area contributed by atoms with E-state index in [1.54, 1.807) is 0 Å². The lowest BCUT2D eigenvalue weighted by Gasteiger charge is -2.13. The fourth-order valence-corrected chi connectivity index (χ4v) is 1.13. The van der Waals surface area contributed by atoms with Crippen LogP contribution in [0.3, 0.4) is 0 Å². The van der Waals surface area contributed by atoms with Gasteiger partial charge in [0.2, 0.25) is 5.91 Å². The van der Waals surface area contributed by atoms with Gasteiger partial charge in [-0.3, -0.25) is 4.79 Å². The van der Waals surface area contributed by atoms with Gasteiger partial charge in [0.1, 0.15) is 5.38 Å². The number of hydrogen-bond acceptors (Lipinski definition) is 1. The van der Waals surface area contributed by atoms with E-state index in [0.29, 0.717) is 0 Å². The van der Waals surface area contributed by atoms with Gasteiger partial charge in [-0.05, 0) is 19.1 Å². The van der Waals surface area contributed by atoms with Crippen molar-refractivity contribution in [3.05, 3.63) is 29.8 Å². The molecule has 1 aromatic rings. The van der Waals surface area contributed by atoms with Gasteiger partial charge < -0.3 is 5.32 Å². The highest BCUT2D eigenvalue weighted by Gasteiger charge is 2.33. The Hall–Kier alpha value is -1.23. The second-order valence-corrected chi connectivity index (χ2v) is 3.80. The third kappa shape index (κ3) is 3.13. The summed E-state index contributed by atoms with van der Waals surface area (Å²) in [6, 6.07) is 4.74. The van der Waals surface area contributed by atoms with Gasteiger partial charge in [-0.1, -0.05) is 12.1 Å². The van der Waals surface area contributed by atoms with Gasteiger partial charge in [-0.2, -0.15) is 13.2 Å². The maximum absolute atomic E-state index is 12.5. The molecule has 6 heteroatoms. The summed E-state index contributed by atoms with van der Waals surface area (Å²) in [5.74, 6) is -0.668. The summed E-state index contributed by atoms with van der Waals surface area (Å²) in [6.45, 7) is 1.38. The Morgan fingerprint density at radius 2 is 1.94 bits per heavy atom. The smallest absolute Gasteiger partial charge is 0.324 e. The molecule has 0 unspecified atom stereocenters. The molecule has 0 aliphatic rings. The average molecular weight is 252 g/mol. The lowest BCUT2D eigenvalue weighted by atomic mass is 10.1. The van der Waals surface area contributed by atoms with Crippen molar-refractivity contribution in [2.75, 3.05) is 5.32 Å². The Morgan fingerprint density at radius 1 is 1.38 bits per heavy atom. The van der Waals surface area contributed by atoms with Gasteiger partial charge in [0.15, 0.2) is 0 Å². The fraction of sp³-hybridized carbons (Fsp3) is 0.300. The Kier molecular flexibility index (Phi) is 3.80. The molecule has 0 spiro atoms. The molecule has 1 aromatic carbocycles. The van der Waals surface area contributed by atoms with Crippen LogP contribution in [0.1, 0.15) is 12.5 Å². The zero-order valence-corrected chi connectivity index (χ0v) is 9.06. The lowest BCUT2D eigenvalue weighted by molar-refractivity contribution is -0.137. The van der Waals surface area contributed by atoms with Crippen molar-refractivity contribution in [3.8, 4) is 0 Å². The van der Waals surface area contributed by atoms with Gasteiger partial charge in [0.25, 0.3) is 0 Å². The normalized spacial score (nSPS) is 13.3. The molecule has 1 atom stereocenters. The van der Waals surface area contributed by atoms with E-state index >= 15 is 0 Å². The summed E-state index contributed by atoms with van der Waals surface area (Å²) in [6.07, 6.45) is -4.50. The second-order valence-electron chi connectivity index (χ2n) is 3.15. The van der Waals surface area contributed by atoms with Crippen molar-refractivity contribution < 1.29 is 18.0 Å². The molecule has 88 valence electrons. The Morgan fingerprint density at radius 3 is 2.44 bits per heavy atom. The van der Waals surface area contributed by atoms with E-state index in [1.165, 1.54) is 25.1 Å². The Labute approximate surface area is 95.4 Å². The minimum absolute atomic E-state index is 0.285. The first kappa shape index (κ1) is 12.8. The van der Waals surface area contributed by atoms with Crippen molar-refractivity contribution in [3.63, 3.8) is 0 Å². The molecule has 0 fully saturated rings. The molecule has 0 radical (unpaired) electrons. The van der Waals surface area contributed by atoms with Gasteiger partial charge in [0.05, 0.1) is 11.3 Å². The quantitative estimate of drug-likeness (QED) is 0.803. The number of benzene rings is 1. The number of rotatable bonds is 2. The molecule has 1 amide bonds. The highest BCUT2D eigenvalue weighted by molar-refractivity contribution is 6.32. The molecule has 0 saturated carbocycles. The molecule has 0 aliphatic heterocycles. The maximum Gasteiger partial charge on any atom is 0.418 e. The van der Waals surface area contributed by atoms with E-state index < -0.39 is 23.0 Å². The van der Waals surface area contributed by atoms with Crippen LogP contribution in [0.15, 0.2) is 24.3 Å². The summed E-state index contributed by atoms with van der Waals surface area (Å²) in [5.41, 5.74) is -1.17. The number of amides is 1. The summed E-state index contributed by atoms with van der Waals surface area (Å²) in [7, 11) is 0. The highest BCUT2D eigenvalue weighted by Crippen LogP contribution is 2.34. The number of halogens is 4. The number of para-hydroxylation sites is 1. The first-order chi connectivity index (χ1) is 7.32. The second kappa shape index (κ2) is 4.74. The number of anilines is 1. The van der Waals surface area contributed by atoms with Gasteiger partial charge in [-0.25, -0.2) is 0 Å². The SMILES string of the molecule is C[C@@H](Cl)C(=O)Nc1ccccc1C(F)(F)F. The van der Waals surface area contributed by atoms with E-state index in [4.69, 9.17) is 11.6 Å². The Bertz CT molecular complexity index is 390. The lowest BCUT2D eigenvalue weighted by Crippen LogP contribution is -2.22. The van der Waals surface area contributed by atoms with Crippen molar-refractivity contribution in [1.82, 2.24) is 0 Å². The summed E-state index contributed by atoms with van der Waals surface area (Å²) < 4.78 is 37.5. The third-order valence-corrected chi connectivity index (χ3v) is 2.05. The van der Waals surface area contributed by atoms with Crippen molar-refractivity contribution in [1.29, 1.82) is 0 Å². The summed E-state index contributed by atoms with van der Waals surface area (Å²) in [4.78, 5) is 11.2. The maximum atomic E-state index is 12.5. The van der Waals surface area contributed by atoms with E-state index in [2.05, 4.69) is 5.32 Å². The highest BCUT2D eigenvalue weighted by atomic mass is 35.5. The minimum atomic E-state index is -4.50. The predicted octanol–water partition coefficient (Wildman–Crippen LogP) is 3.27. The van der Waals surface area contributed by atoms with E-state index in [-0.39, 0.29) is 5.69 Å². The molecule has 0 bridgehead atoms. The van der Waals surface area contributed by atoms with Crippen molar-refractivity contribution in [2.24, 2.45) is 0 Å². The van der Waals surface area contributed by atoms with Crippen LogP contribution < -0.4 is 5.32 Å². The summed E-state index contributed by atoms with van der Waals surface area (Å²) in [5, 5.41) is 1.24. The number of alkyl halides is 4. The standard InChI is InChI=1S/C10H9ClF3NO/c1-6(11)9(16)15-8-5-3-2-4-7(8)10(12,13)14/h2-6H,1H3,(H,15,16)/t6-/m1/s1. The van der Waals surface area contributed by atoms with Crippen LogP contribution in [0.4, 0.5) is 18.9 Å². The molecule has 1 rings (SSSR count). The molecule has 16 heavy (non-hydrogen) atoms. The number of hydrogen-bond donors (Lipinski definition) is 1. The average Bonchev–Trinajstić information content (AvgIpc) is 2.16. The van der Waals surface area contributed by atoms with E-state index in [1.807, 2.05) is 0 Å². The molecule has 1 N–H and O–H groups in total. The van der Waals surface area contributed by atoms with E-state index in [9.17, 15) is 18.0 Å². The van der Waals surface area contributed by atoms with Crippen LogP contribution in [0.2, 0.25) is 0 Å². The zero-order chi connectivity index (χ0) is 12.3. The third-order valence-electron chi connectivity index (χ3n) is 1.85. The van der Waals surface area contributed by atoms with Crippen molar-refractivity contribution in [2.45, 2.75) is 18.5 Å². The zero-order valence-electron chi connectivity index (χ0n) is 8.31. The largest absolute Gasteiger partial charge is 0.418 e. The van der Waals surface area contributed by atoms with Crippen LogP contribution in [0, 0.1) is 0 Å². The molecule has 0 aromatic heterocycles. The van der Waals surface area contributed by atoms with Crippen LogP contribution in [-0.2, 0) is 11.0 Å². The predicted molar refractivity (Wildman–Crippen MR) is 55.4 cm³/mol. The molecule has 0 heterocycles. The topological polar surface area (TPSA) is 29.1 Å². The van der Waals surface area contributed by atoms with Gasteiger partial charge in [0, 0.05) is 0 Å². The number of carbonyl (C=O) groups excluding carboxylic acids is 1. The minimum Gasteiger partial charge on any atom is -0.324 e. The molecular weight excluding hydrogens is 243 g/mol. The van der Waals surface area contributed by atoms with Crippen LogP contribution >= 0.6 is 11.6 Å². The van der Waals surface area contributed by atoms with Crippen LogP contribution in [0.25, 0.3) is 0 Å². The van der Waals surface area contributed by atoms with Gasteiger partial charge >= 0.3 is 6.18 Å². The molecule has 2 nitrogen and oxygen atoms in total. The Balaban J connectivity index is 3.01. The first-order valence-electron chi connectivity index (χ1n) is 4.43. The number of carbonyl (C=O) groups is 1. The van der Waals surface area contributed by atoms with Crippen molar-refractivity contribution >= 4 is 23.2 Å². The van der Waals surface area contributed by atoms with E-state index in [0.717, 1.165) is 6.07 Å². The molecular formula is C10H9ClF3NO. The van der Waals surface area contributed by atoms with Crippen LogP contribution in [0.5, 0.6) is 0 Å².